The van der Waals surface area contributed by atoms with Gasteiger partial charge in [0.05, 0.1) is 6.10 Å². The van der Waals surface area contributed by atoms with Crippen molar-refractivity contribution in [2.45, 2.75) is 103 Å². The molecule has 2 spiro atoms. The molecule has 6 nitrogen and oxygen atoms in total. The molecule has 4 aliphatic carbocycles. The maximum atomic E-state index is 13.0. The number of rotatable bonds is 2. The van der Waals surface area contributed by atoms with Crippen LogP contribution in [0.5, 0.6) is 0 Å². The summed E-state index contributed by atoms with van der Waals surface area (Å²) in [5.41, 5.74) is 1.06. The molecule has 4 fully saturated rings. The molecule has 33 heavy (non-hydrogen) atoms. The molecule has 0 radical (unpaired) electrons. The van der Waals surface area contributed by atoms with Gasteiger partial charge in [-0.3, -0.25) is 0 Å². The monoisotopic (exact) mass is 458 g/mol. The zero-order valence-corrected chi connectivity index (χ0v) is 20.9. The van der Waals surface area contributed by atoms with E-state index in [1.54, 1.807) is 0 Å². The number of esters is 1. The molecule has 6 rings (SSSR count). The van der Waals surface area contributed by atoms with E-state index in [0.29, 0.717) is 24.4 Å². The summed E-state index contributed by atoms with van der Waals surface area (Å²) < 4.78 is 24.3. The Balaban J connectivity index is 1.41. The van der Waals surface area contributed by atoms with Gasteiger partial charge in [0, 0.05) is 22.3 Å². The van der Waals surface area contributed by atoms with Crippen LogP contribution in [0.3, 0.4) is 0 Å². The molecule has 0 aromatic carbocycles. The smallest absolute Gasteiger partial charge is 0.458 e. The van der Waals surface area contributed by atoms with Crippen molar-refractivity contribution in [1.29, 1.82) is 0 Å². The Hall–Kier alpha value is -1.56. The number of ether oxygens (including phenoxy) is 4. The van der Waals surface area contributed by atoms with Crippen LogP contribution in [0.25, 0.3) is 0 Å². The maximum Gasteiger partial charge on any atom is 0.509 e. The van der Waals surface area contributed by atoms with E-state index in [9.17, 15) is 9.59 Å². The van der Waals surface area contributed by atoms with E-state index in [1.165, 1.54) is 5.57 Å². The van der Waals surface area contributed by atoms with Gasteiger partial charge in [0.1, 0.15) is 23.9 Å². The molecule has 0 amide bonds. The minimum absolute atomic E-state index is 0.0705. The highest BCUT2D eigenvalue weighted by Crippen LogP contribution is 2.82. The molecule has 0 aromatic rings. The molecule has 182 valence electrons. The van der Waals surface area contributed by atoms with E-state index in [1.807, 2.05) is 20.8 Å². The molecule has 6 heteroatoms. The van der Waals surface area contributed by atoms with Crippen LogP contribution < -0.4 is 0 Å². The quantitative estimate of drug-likeness (QED) is 0.419. The molecular formula is C27H38O6. The maximum absolute atomic E-state index is 13.0. The Kier molecular flexibility index (Phi) is 4.36. The van der Waals surface area contributed by atoms with E-state index in [4.69, 9.17) is 18.9 Å². The summed E-state index contributed by atoms with van der Waals surface area (Å²) in [5, 5.41) is 0. The summed E-state index contributed by atoms with van der Waals surface area (Å²) >= 11 is 0. The average molecular weight is 459 g/mol. The van der Waals surface area contributed by atoms with Crippen LogP contribution in [0.15, 0.2) is 11.1 Å². The van der Waals surface area contributed by atoms with Gasteiger partial charge < -0.3 is 18.9 Å². The van der Waals surface area contributed by atoms with Crippen molar-refractivity contribution in [3.8, 4) is 0 Å². The molecule has 0 aromatic heterocycles. The molecule has 3 saturated carbocycles. The van der Waals surface area contributed by atoms with Crippen molar-refractivity contribution in [2.24, 2.45) is 34.5 Å². The molecule has 8 atom stereocenters. The first-order chi connectivity index (χ1) is 15.4. The molecule has 1 unspecified atom stereocenters. The van der Waals surface area contributed by atoms with Gasteiger partial charge in [-0.15, -0.1) is 0 Å². The molecule has 6 aliphatic rings. The fraction of sp³-hybridized carbons (Fsp3) is 0.852. The average Bonchev–Trinajstić information content (AvgIpc) is 3.32. The second-order valence-corrected chi connectivity index (χ2v) is 13.1. The number of carbonyl (C=O) groups is 2. The first kappa shape index (κ1) is 21.9. The van der Waals surface area contributed by atoms with Gasteiger partial charge in [-0.25, -0.2) is 9.59 Å². The summed E-state index contributed by atoms with van der Waals surface area (Å²) in [5.74, 6) is 1.28. The minimum atomic E-state index is -0.586. The zero-order valence-electron chi connectivity index (χ0n) is 20.9. The van der Waals surface area contributed by atoms with Gasteiger partial charge in [-0.1, -0.05) is 20.8 Å². The standard InChI is InChI=1S/C27H38O6/c1-14(2)17-12-20-27(32-20)25(6)9-8-16-18(13-30-22(16)28)19(25)11-15-7-10-26(15,27)21(17)31-23(29)33-24(3,4)5/h14-15,17,19-21H,7-13H2,1-6H3/t15-,17-,19?,20-,21+,25-,26-,27+/m0/s1. The summed E-state index contributed by atoms with van der Waals surface area (Å²) in [7, 11) is 0. The summed E-state index contributed by atoms with van der Waals surface area (Å²) in [6, 6.07) is 0. The van der Waals surface area contributed by atoms with Crippen LogP contribution in [-0.4, -0.2) is 42.1 Å². The Bertz CT molecular complexity index is 945. The van der Waals surface area contributed by atoms with Gasteiger partial charge in [-0.2, -0.15) is 0 Å². The van der Waals surface area contributed by atoms with Crippen LogP contribution in [0.2, 0.25) is 0 Å². The lowest BCUT2D eigenvalue weighted by Gasteiger charge is -2.70. The molecule has 0 N–H and O–H groups in total. The van der Waals surface area contributed by atoms with Crippen molar-refractivity contribution in [3.63, 3.8) is 0 Å². The highest BCUT2D eigenvalue weighted by Gasteiger charge is 2.88. The fourth-order valence-corrected chi connectivity index (χ4v) is 8.95. The Labute approximate surface area is 196 Å². The third-order valence-electron chi connectivity index (χ3n) is 10.3. The van der Waals surface area contributed by atoms with Crippen LogP contribution in [0, 0.1) is 34.5 Å². The van der Waals surface area contributed by atoms with E-state index >= 15 is 0 Å². The number of carbonyl (C=O) groups excluding carboxylic acids is 2. The van der Waals surface area contributed by atoms with Gasteiger partial charge in [0.25, 0.3) is 0 Å². The summed E-state index contributed by atoms with van der Waals surface area (Å²) in [4.78, 5) is 25.3. The number of hydrogen-bond acceptors (Lipinski definition) is 6. The summed E-state index contributed by atoms with van der Waals surface area (Å²) in [6.07, 6.45) is 5.27. The van der Waals surface area contributed by atoms with Crippen molar-refractivity contribution in [2.75, 3.05) is 6.61 Å². The van der Waals surface area contributed by atoms with Crippen LogP contribution in [0.1, 0.15) is 80.1 Å². The van der Waals surface area contributed by atoms with E-state index in [2.05, 4.69) is 20.8 Å². The highest BCUT2D eigenvalue weighted by atomic mass is 16.7. The molecule has 0 bridgehead atoms. The SMILES string of the molecule is CC(C)[C@@H]1C[C@@H]2O[C@]23[C@]2(CC[C@H]2CC2C4=C(CC[C@@]23C)C(=O)OC4)[C@@H]1OC(=O)OC(C)(C)C. The van der Waals surface area contributed by atoms with Crippen LogP contribution in [0.4, 0.5) is 4.79 Å². The zero-order chi connectivity index (χ0) is 23.6. The Morgan fingerprint density at radius 3 is 2.58 bits per heavy atom. The number of fused-ring (bicyclic) bond motifs is 2. The lowest BCUT2D eigenvalue weighted by Crippen LogP contribution is -2.74. The molecule has 2 aliphatic heterocycles. The van der Waals surface area contributed by atoms with Gasteiger partial charge >= 0.3 is 12.1 Å². The van der Waals surface area contributed by atoms with Crippen LogP contribution in [-0.2, 0) is 23.7 Å². The minimum Gasteiger partial charge on any atom is -0.458 e. The fourth-order valence-electron chi connectivity index (χ4n) is 8.95. The van der Waals surface area contributed by atoms with E-state index in [0.717, 1.165) is 44.1 Å². The first-order valence-corrected chi connectivity index (χ1v) is 12.9. The van der Waals surface area contributed by atoms with E-state index in [-0.39, 0.29) is 40.5 Å². The first-order valence-electron chi connectivity index (χ1n) is 12.9. The highest BCUT2D eigenvalue weighted by molar-refractivity contribution is 5.92. The summed E-state index contributed by atoms with van der Waals surface area (Å²) in [6.45, 7) is 13.0. The second kappa shape index (κ2) is 6.56. The Morgan fingerprint density at radius 1 is 1.18 bits per heavy atom. The number of epoxide rings is 1. The third kappa shape index (κ3) is 2.59. The lowest BCUT2D eigenvalue weighted by atomic mass is 9.33. The van der Waals surface area contributed by atoms with Crippen molar-refractivity contribution in [1.82, 2.24) is 0 Å². The predicted octanol–water partition coefficient (Wildman–Crippen LogP) is 5.19. The third-order valence-corrected chi connectivity index (χ3v) is 10.3. The second-order valence-electron chi connectivity index (χ2n) is 13.1. The number of hydrogen-bond donors (Lipinski definition) is 0. The van der Waals surface area contributed by atoms with E-state index < -0.39 is 11.8 Å². The molecule has 1 saturated heterocycles. The van der Waals surface area contributed by atoms with Crippen molar-refractivity contribution in [3.05, 3.63) is 11.1 Å². The van der Waals surface area contributed by atoms with Gasteiger partial charge in [0.15, 0.2) is 0 Å². The Morgan fingerprint density at radius 2 is 1.94 bits per heavy atom. The lowest BCUT2D eigenvalue weighted by molar-refractivity contribution is -0.248. The predicted molar refractivity (Wildman–Crippen MR) is 120 cm³/mol. The topological polar surface area (TPSA) is 74.4 Å². The van der Waals surface area contributed by atoms with Gasteiger partial charge in [0.2, 0.25) is 0 Å². The molecule has 2 heterocycles. The van der Waals surface area contributed by atoms with Crippen molar-refractivity contribution < 1.29 is 28.5 Å². The van der Waals surface area contributed by atoms with Gasteiger partial charge in [-0.05, 0) is 82.6 Å². The molecular weight excluding hydrogens is 420 g/mol. The largest absolute Gasteiger partial charge is 0.509 e. The number of cyclic esters (lactones) is 1. The van der Waals surface area contributed by atoms with Crippen molar-refractivity contribution >= 4 is 12.1 Å². The normalized spacial score (nSPS) is 47.4. The van der Waals surface area contributed by atoms with Crippen LogP contribution >= 0.6 is 0 Å².